The van der Waals surface area contributed by atoms with Crippen LogP contribution in [0.2, 0.25) is 0 Å². The van der Waals surface area contributed by atoms with Crippen molar-refractivity contribution in [3.8, 4) is 0 Å². The molecule has 0 aromatic carbocycles. The normalized spacial score (nSPS) is 19.4. The zero-order chi connectivity index (χ0) is 12.6. The molecule has 1 aliphatic heterocycles. The average molecular weight is 284 g/mol. The predicted molar refractivity (Wildman–Crippen MR) is 80.4 cm³/mol. The molecule has 0 saturated carbocycles. The molecule has 1 aromatic rings. The summed E-state index contributed by atoms with van der Waals surface area (Å²) in [6.07, 6.45) is 1.84. The number of nitrogens with one attached hydrogen (secondary N) is 1. The van der Waals surface area contributed by atoms with E-state index in [1.807, 2.05) is 41.9 Å². The Morgan fingerprint density at radius 1 is 1.39 bits per heavy atom. The van der Waals surface area contributed by atoms with E-state index in [0.29, 0.717) is 12.6 Å². The van der Waals surface area contributed by atoms with Gasteiger partial charge in [-0.1, -0.05) is 6.07 Å². The van der Waals surface area contributed by atoms with Gasteiger partial charge in [-0.25, -0.2) is 0 Å². The first-order valence-electron chi connectivity index (χ1n) is 6.21. The molecule has 2 rings (SSSR count). The van der Waals surface area contributed by atoms with Gasteiger partial charge >= 0.3 is 0 Å². The summed E-state index contributed by atoms with van der Waals surface area (Å²) in [6, 6.07) is 6.78. The molecule has 2 heterocycles. The highest BCUT2D eigenvalue weighted by Crippen LogP contribution is 2.19. The predicted octanol–water partition coefficient (Wildman–Crippen LogP) is 2.21. The summed E-state index contributed by atoms with van der Waals surface area (Å²) in [5, 5.41) is 3.68. The van der Waals surface area contributed by atoms with Gasteiger partial charge in [0.2, 0.25) is 0 Å². The maximum atomic E-state index is 5.32. The molecular formula is C13H20N2OS2. The van der Waals surface area contributed by atoms with Crippen LogP contribution < -0.4 is 5.32 Å². The van der Waals surface area contributed by atoms with Gasteiger partial charge in [-0.05, 0) is 12.1 Å². The summed E-state index contributed by atoms with van der Waals surface area (Å²) in [6.45, 7) is 0.669. The second kappa shape index (κ2) is 8.04. The lowest BCUT2D eigenvalue weighted by atomic mass is 10.2. The van der Waals surface area contributed by atoms with Gasteiger partial charge in [0.1, 0.15) is 0 Å². The van der Waals surface area contributed by atoms with Crippen molar-refractivity contribution < 1.29 is 4.74 Å². The Labute approximate surface area is 117 Å². The molecular weight excluding hydrogens is 264 g/mol. The maximum Gasteiger partial charge on any atom is 0.0735 e. The van der Waals surface area contributed by atoms with Crippen molar-refractivity contribution in [1.82, 2.24) is 10.3 Å². The highest BCUT2D eigenvalue weighted by Gasteiger charge is 2.19. The van der Waals surface area contributed by atoms with Crippen molar-refractivity contribution in [2.75, 3.05) is 36.7 Å². The van der Waals surface area contributed by atoms with Crippen LogP contribution in [-0.4, -0.2) is 47.8 Å². The molecule has 1 fully saturated rings. The van der Waals surface area contributed by atoms with Gasteiger partial charge in [-0.15, -0.1) is 0 Å². The van der Waals surface area contributed by atoms with Crippen molar-refractivity contribution >= 4 is 23.5 Å². The zero-order valence-corrected chi connectivity index (χ0v) is 12.3. The van der Waals surface area contributed by atoms with Gasteiger partial charge in [0.25, 0.3) is 0 Å². The molecule has 1 N–H and O–H groups in total. The second-order valence-corrected chi connectivity index (χ2v) is 6.58. The molecule has 18 heavy (non-hydrogen) atoms. The van der Waals surface area contributed by atoms with Gasteiger partial charge in [-0.2, -0.15) is 23.5 Å². The Kier molecular flexibility index (Phi) is 6.34. The van der Waals surface area contributed by atoms with Gasteiger partial charge < -0.3 is 10.1 Å². The molecule has 1 aromatic heterocycles. The van der Waals surface area contributed by atoms with Gasteiger partial charge in [-0.3, -0.25) is 4.98 Å². The molecule has 0 amide bonds. The van der Waals surface area contributed by atoms with Crippen molar-refractivity contribution in [1.29, 1.82) is 0 Å². The smallest absolute Gasteiger partial charge is 0.0735 e. The molecule has 0 spiro atoms. The molecule has 0 aliphatic carbocycles. The number of hydrogen-bond donors (Lipinski definition) is 1. The lowest BCUT2D eigenvalue weighted by Crippen LogP contribution is -2.38. The monoisotopic (exact) mass is 284 g/mol. The maximum absolute atomic E-state index is 5.32. The van der Waals surface area contributed by atoms with E-state index in [0.717, 1.165) is 5.69 Å². The van der Waals surface area contributed by atoms with Crippen LogP contribution in [0, 0.1) is 0 Å². The van der Waals surface area contributed by atoms with E-state index in [4.69, 9.17) is 4.74 Å². The molecule has 0 radical (unpaired) electrons. The standard InChI is InChI=1S/C13H20N2OS2/c1-16-8-13(12-4-2-3-5-14-12)15-11-9-17-6-7-18-10-11/h2-5,11,13,15H,6-10H2,1H3/t13-/m1/s1. The Morgan fingerprint density at radius 2 is 2.17 bits per heavy atom. The number of thioether (sulfide) groups is 2. The molecule has 1 saturated heterocycles. The van der Waals surface area contributed by atoms with Crippen LogP contribution in [-0.2, 0) is 4.74 Å². The summed E-state index contributed by atoms with van der Waals surface area (Å²) >= 11 is 4.07. The first-order chi connectivity index (χ1) is 8.90. The summed E-state index contributed by atoms with van der Waals surface area (Å²) in [4.78, 5) is 4.43. The summed E-state index contributed by atoms with van der Waals surface area (Å²) in [7, 11) is 1.74. The number of ether oxygens (including phenoxy) is 1. The van der Waals surface area contributed by atoms with Gasteiger partial charge in [0.15, 0.2) is 0 Å². The topological polar surface area (TPSA) is 34.1 Å². The molecule has 3 nitrogen and oxygen atoms in total. The van der Waals surface area contributed by atoms with Crippen molar-refractivity contribution in [3.63, 3.8) is 0 Å². The van der Waals surface area contributed by atoms with E-state index >= 15 is 0 Å². The number of aromatic nitrogens is 1. The largest absolute Gasteiger partial charge is 0.383 e. The van der Waals surface area contributed by atoms with Crippen LogP contribution >= 0.6 is 23.5 Å². The van der Waals surface area contributed by atoms with Crippen LogP contribution in [0.1, 0.15) is 11.7 Å². The number of hydrogen-bond acceptors (Lipinski definition) is 5. The highest BCUT2D eigenvalue weighted by molar-refractivity contribution is 8.03. The first kappa shape index (κ1) is 14.2. The molecule has 0 bridgehead atoms. The van der Waals surface area contributed by atoms with E-state index in [-0.39, 0.29) is 6.04 Å². The van der Waals surface area contributed by atoms with Crippen LogP contribution in [0.5, 0.6) is 0 Å². The molecule has 5 heteroatoms. The number of rotatable bonds is 5. The van der Waals surface area contributed by atoms with E-state index in [2.05, 4.69) is 16.4 Å². The second-order valence-electron chi connectivity index (χ2n) is 4.28. The number of nitrogens with zero attached hydrogens (tertiary/aromatic N) is 1. The molecule has 1 atom stereocenters. The Balaban J connectivity index is 1.97. The molecule has 1 aliphatic rings. The van der Waals surface area contributed by atoms with Crippen molar-refractivity contribution in [3.05, 3.63) is 30.1 Å². The minimum Gasteiger partial charge on any atom is -0.383 e. The Morgan fingerprint density at radius 3 is 2.78 bits per heavy atom. The van der Waals surface area contributed by atoms with E-state index < -0.39 is 0 Å². The van der Waals surface area contributed by atoms with Crippen LogP contribution in [0.4, 0.5) is 0 Å². The van der Waals surface area contributed by atoms with E-state index in [1.54, 1.807) is 7.11 Å². The molecule has 0 unspecified atom stereocenters. The van der Waals surface area contributed by atoms with Gasteiger partial charge in [0.05, 0.1) is 18.3 Å². The Bertz CT molecular complexity index is 329. The molecule has 100 valence electrons. The number of methoxy groups -OCH3 is 1. The number of pyridine rings is 1. The minimum atomic E-state index is 0.195. The summed E-state index contributed by atoms with van der Waals surface area (Å²) in [5.74, 6) is 4.89. The first-order valence-corrected chi connectivity index (χ1v) is 8.52. The zero-order valence-electron chi connectivity index (χ0n) is 10.7. The fourth-order valence-electron chi connectivity index (χ4n) is 1.97. The highest BCUT2D eigenvalue weighted by atomic mass is 32.2. The van der Waals surface area contributed by atoms with E-state index in [9.17, 15) is 0 Å². The minimum absolute atomic E-state index is 0.195. The quantitative estimate of drug-likeness (QED) is 0.896. The third kappa shape index (κ3) is 4.46. The lowest BCUT2D eigenvalue weighted by Gasteiger charge is -2.23. The van der Waals surface area contributed by atoms with Gasteiger partial charge in [0, 0.05) is 42.4 Å². The van der Waals surface area contributed by atoms with Crippen molar-refractivity contribution in [2.24, 2.45) is 0 Å². The fraction of sp³-hybridized carbons (Fsp3) is 0.615. The van der Waals surface area contributed by atoms with Crippen molar-refractivity contribution in [2.45, 2.75) is 12.1 Å². The van der Waals surface area contributed by atoms with Crippen LogP contribution in [0.3, 0.4) is 0 Å². The SMILES string of the molecule is COC[C@@H](NC1CSCCSC1)c1ccccn1. The van der Waals surface area contributed by atoms with Crippen LogP contribution in [0.15, 0.2) is 24.4 Å². The van der Waals surface area contributed by atoms with E-state index in [1.165, 1.54) is 23.0 Å². The average Bonchev–Trinajstić information content (AvgIpc) is 2.68. The Hall–Kier alpha value is -0.230. The summed E-state index contributed by atoms with van der Waals surface area (Å²) in [5.41, 5.74) is 1.07. The fourth-order valence-corrected chi connectivity index (χ4v) is 4.39. The third-order valence-electron chi connectivity index (χ3n) is 2.83. The lowest BCUT2D eigenvalue weighted by molar-refractivity contribution is 0.162. The van der Waals surface area contributed by atoms with Crippen LogP contribution in [0.25, 0.3) is 0 Å². The summed E-state index contributed by atoms with van der Waals surface area (Å²) < 4.78 is 5.32. The third-order valence-corrected chi connectivity index (χ3v) is 5.35.